The van der Waals surface area contributed by atoms with Gasteiger partial charge in [0.05, 0.1) is 18.0 Å². The van der Waals surface area contributed by atoms with Crippen LogP contribution >= 0.6 is 0 Å². The van der Waals surface area contributed by atoms with Crippen molar-refractivity contribution in [3.63, 3.8) is 0 Å². The molecular weight excluding hydrogens is 544 g/mol. The summed E-state index contributed by atoms with van der Waals surface area (Å²) in [6, 6.07) is 22.7. The van der Waals surface area contributed by atoms with Crippen molar-refractivity contribution in [3.8, 4) is 5.75 Å². The number of amides is 3. The van der Waals surface area contributed by atoms with Crippen molar-refractivity contribution in [2.75, 3.05) is 55.4 Å². The van der Waals surface area contributed by atoms with Gasteiger partial charge >= 0.3 is 6.03 Å². The van der Waals surface area contributed by atoms with E-state index in [1.807, 2.05) is 79.8 Å². The molecule has 10 heteroatoms. The summed E-state index contributed by atoms with van der Waals surface area (Å²) in [5, 5.41) is 12.2. The number of urea groups is 1. The number of morpholine rings is 1. The molecule has 0 bridgehead atoms. The minimum Gasteiger partial charge on any atom is -0.492 e. The molecule has 1 unspecified atom stereocenters. The smallest absolute Gasteiger partial charge is 0.324 e. The lowest BCUT2D eigenvalue weighted by Crippen LogP contribution is -2.51. The second kappa shape index (κ2) is 12.8. The van der Waals surface area contributed by atoms with Gasteiger partial charge in [0.2, 0.25) is 0 Å². The molecule has 0 aliphatic carbocycles. The van der Waals surface area contributed by atoms with Crippen LogP contribution in [0.15, 0.2) is 72.8 Å². The molecule has 226 valence electrons. The van der Waals surface area contributed by atoms with E-state index in [1.54, 1.807) is 16.6 Å². The van der Waals surface area contributed by atoms with Crippen LogP contribution in [0.25, 0.3) is 10.8 Å². The average Bonchev–Trinajstić information content (AvgIpc) is 3.38. The number of hydrogen-bond acceptors (Lipinski definition) is 6. The highest BCUT2D eigenvalue weighted by molar-refractivity contribution is 6.07. The fourth-order valence-corrected chi connectivity index (χ4v) is 5.06. The molecule has 1 aromatic heterocycles. The monoisotopic (exact) mass is 584 g/mol. The van der Waals surface area contributed by atoms with Gasteiger partial charge in [0.1, 0.15) is 24.3 Å². The van der Waals surface area contributed by atoms with Crippen molar-refractivity contribution in [1.29, 1.82) is 0 Å². The second-order valence-electron chi connectivity index (χ2n) is 11.8. The van der Waals surface area contributed by atoms with Crippen LogP contribution in [0.3, 0.4) is 0 Å². The molecule has 43 heavy (non-hydrogen) atoms. The zero-order chi connectivity index (χ0) is 30.6. The molecule has 0 spiro atoms. The van der Waals surface area contributed by atoms with E-state index in [0.29, 0.717) is 37.8 Å². The molecule has 1 saturated heterocycles. The molecule has 2 N–H and O–H groups in total. The fourth-order valence-electron chi connectivity index (χ4n) is 5.06. The molecular formula is C33H40N6O4. The molecule has 1 fully saturated rings. The normalized spacial score (nSPS) is 15.7. The topological polar surface area (TPSA) is 101 Å². The van der Waals surface area contributed by atoms with Gasteiger partial charge in [-0.15, -0.1) is 0 Å². The van der Waals surface area contributed by atoms with Gasteiger partial charge in [-0.05, 0) is 24.3 Å². The summed E-state index contributed by atoms with van der Waals surface area (Å²) in [5.74, 6) is 1.28. The number of aryl methyl sites for hydroxylation is 1. The molecule has 10 nitrogen and oxygen atoms in total. The minimum atomic E-state index is -0.525. The molecule has 3 amide bonds. The van der Waals surface area contributed by atoms with Crippen LogP contribution in [-0.2, 0) is 22.0 Å². The molecule has 2 heterocycles. The van der Waals surface area contributed by atoms with Crippen molar-refractivity contribution in [3.05, 3.63) is 78.5 Å². The lowest BCUT2D eigenvalue weighted by atomic mass is 9.92. The number of ether oxygens (including phenoxy) is 2. The molecule has 5 rings (SSSR count). The van der Waals surface area contributed by atoms with Crippen molar-refractivity contribution < 1.29 is 19.1 Å². The van der Waals surface area contributed by atoms with Crippen LogP contribution in [0, 0.1) is 0 Å². The number of carbonyl (C=O) groups is 2. The Bertz CT molecular complexity index is 1580. The Morgan fingerprint density at radius 2 is 1.74 bits per heavy atom. The number of aromatic nitrogens is 2. The van der Waals surface area contributed by atoms with Crippen molar-refractivity contribution >= 4 is 39.9 Å². The number of rotatable bonds is 8. The number of hydrogen-bond donors (Lipinski definition) is 2. The third kappa shape index (κ3) is 7.15. The first-order valence-corrected chi connectivity index (χ1v) is 14.5. The Morgan fingerprint density at radius 3 is 2.47 bits per heavy atom. The predicted octanol–water partition coefficient (Wildman–Crippen LogP) is 5.26. The van der Waals surface area contributed by atoms with Gasteiger partial charge in [-0.1, -0.05) is 63.2 Å². The van der Waals surface area contributed by atoms with Gasteiger partial charge in [0, 0.05) is 61.7 Å². The first-order valence-electron chi connectivity index (χ1n) is 14.5. The van der Waals surface area contributed by atoms with Crippen LogP contribution in [0.5, 0.6) is 5.75 Å². The molecule has 1 aliphatic rings. The van der Waals surface area contributed by atoms with Gasteiger partial charge < -0.3 is 19.7 Å². The average molecular weight is 585 g/mol. The highest BCUT2D eigenvalue weighted by Gasteiger charge is 2.29. The summed E-state index contributed by atoms with van der Waals surface area (Å²) in [4.78, 5) is 29.8. The summed E-state index contributed by atoms with van der Waals surface area (Å²) in [5.41, 5.74) is 2.29. The van der Waals surface area contributed by atoms with Gasteiger partial charge in [0.15, 0.2) is 0 Å². The second-order valence-corrected chi connectivity index (χ2v) is 11.8. The quantitative estimate of drug-likeness (QED) is 0.293. The van der Waals surface area contributed by atoms with E-state index in [2.05, 4.69) is 41.4 Å². The van der Waals surface area contributed by atoms with E-state index >= 15 is 0 Å². The zero-order valence-corrected chi connectivity index (χ0v) is 25.5. The van der Waals surface area contributed by atoms with Gasteiger partial charge in [-0.3, -0.25) is 19.7 Å². The zero-order valence-electron chi connectivity index (χ0n) is 25.5. The standard InChI is InChI=1S/C33H40N6O4/c1-33(2,3)29-21-30(38(5)36-29)35-32(41)34-26-15-16-27(25-14-10-9-13-24(25)26)42-19-17-39-18-20-43-28(22-39)31(40)37(4)23-11-7-6-8-12-23/h6-16,21,28H,17-20,22H2,1-5H3,(H2,34,35,41). The summed E-state index contributed by atoms with van der Waals surface area (Å²) in [6.45, 7) is 9.07. The van der Waals surface area contributed by atoms with E-state index in [0.717, 1.165) is 34.4 Å². The number of likely N-dealkylation sites (N-methyl/N-ethyl adjacent to an activating group) is 1. The third-order valence-electron chi connectivity index (χ3n) is 7.59. The van der Waals surface area contributed by atoms with E-state index in [-0.39, 0.29) is 17.4 Å². The maximum absolute atomic E-state index is 13.1. The highest BCUT2D eigenvalue weighted by Crippen LogP contribution is 2.32. The van der Waals surface area contributed by atoms with Crippen molar-refractivity contribution in [2.24, 2.45) is 7.05 Å². The Morgan fingerprint density at radius 1 is 1.02 bits per heavy atom. The Hall–Kier alpha value is -4.41. The third-order valence-corrected chi connectivity index (χ3v) is 7.59. The first kappa shape index (κ1) is 30.1. The van der Waals surface area contributed by atoms with E-state index in [4.69, 9.17) is 9.47 Å². The number of fused-ring (bicyclic) bond motifs is 1. The number of benzene rings is 3. The van der Waals surface area contributed by atoms with Gasteiger partial charge in [0.25, 0.3) is 5.91 Å². The molecule has 4 aromatic rings. The Kier molecular flexibility index (Phi) is 8.98. The van der Waals surface area contributed by atoms with Crippen LogP contribution in [0.2, 0.25) is 0 Å². The summed E-state index contributed by atoms with van der Waals surface area (Å²) in [7, 11) is 3.59. The summed E-state index contributed by atoms with van der Waals surface area (Å²) >= 11 is 0. The minimum absolute atomic E-state index is 0.0621. The lowest BCUT2D eigenvalue weighted by molar-refractivity contribution is -0.135. The maximum atomic E-state index is 13.1. The van der Waals surface area contributed by atoms with Crippen LogP contribution in [-0.4, -0.2) is 72.6 Å². The number of nitrogens with one attached hydrogen (secondary N) is 2. The summed E-state index contributed by atoms with van der Waals surface area (Å²) in [6.07, 6.45) is -0.525. The van der Waals surface area contributed by atoms with Crippen LogP contribution in [0.4, 0.5) is 22.0 Å². The maximum Gasteiger partial charge on any atom is 0.324 e. The van der Waals surface area contributed by atoms with E-state index < -0.39 is 6.10 Å². The Labute approximate surface area is 252 Å². The van der Waals surface area contributed by atoms with Crippen molar-refractivity contribution in [1.82, 2.24) is 14.7 Å². The van der Waals surface area contributed by atoms with E-state index in [1.165, 1.54) is 0 Å². The summed E-state index contributed by atoms with van der Waals surface area (Å²) < 4.78 is 13.7. The van der Waals surface area contributed by atoms with Gasteiger partial charge in [-0.25, -0.2) is 4.79 Å². The highest BCUT2D eigenvalue weighted by atomic mass is 16.5. The number of carbonyl (C=O) groups excluding carboxylic acids is 2. The number of anilines is 3. The van der Waals surface area contributed by atoms with Crippen LogP contribution in [0.1, 0.15) is 26.5 Å². The molecule has 0 saturated carbocycles. The van der Waals surface area contributed by atoms with Crippen LogP contribution < -0.4 is 20.3 Å². The lowest BCUT2D eigenvalue weighted by Gasteiger charge is -2.34. The largest absolute Gasteiger partial charge is 0.492 e. The predicted molar refractivity (Wildman–Crippen MR) is 170 cm³/mol. The SMILES string of the molecule is CN(C(=O)C1CN(CCOc2ccc(NC(=O)Nc3cc(C(C)(C)C)nn3C)c3ccccc23)CCO1)c1ccccc1. The van der Waals surface area contributed by atoms with E-state index in [9.17, 15) is 9.59 Å². The molecule has 3 aromatic carbocycles. The molecule has 0 radical (unpaired) electrons. The van der Waals surface area contributed by atoms with Gasteiger partial charge in [-0.2, -0.15) is 5.10 Å². The van der Waals surface area contributed by atoms with Crippen molar-refractivity contribution in [2.45, 2.75) is 32.3 Å². The molecule has 1 atom stereocenters. The first-order chi connectivity index (χ1) is 20.6. The fraction of sp³-hybridized carbons (Fsp3) is 0.364. The Balaban J connectivity index is 1.19. The number of para-hydroxylation sites is 1. The molecule has 1 aliphatic heterocycles. The number of nitrogens with zero attached hydrogens (tertiary/aromatic N) is 4.